The average molecular weight is 361 g/mol. The van der Waals surface area contributed by atoms with Gasteiger partial charge in [0.2, 0.25) is 0 Å². The van der Waals surface area contributed by atoms with Crippen LogP contribution in [-0.4, -0.2) is 15.0 Å². The van der Waals surface area contributed by atoms with Gasteiger partial charge in [-0.3, -0.25) is 0 Å². The van der Waals surface area contributed by atoms with Gasteiger partial charge in [0.25, 0.3) is 0 Å². The van der Waals surface area contributed by atoms with Gasteiger partial charge in [-0.2, -0.15) is 0 Å². The second-order valence-electron chi connectivity index (χ2n) is 6.19. The van der Waals surface area contributed by atoms with Crippen LogP contribution >= 0.6 is 0 Å². The van der Waals surface area contributed by atoms with E-state index < -0.39 is 0 Å². The normalized spacial score (nSPS) is 10.1. The molecule has 0 fully saturated rings. The van der Waals surface area contributed by atoms with Crippen molar-refractivity contribution in [2.24, 2.45) is 0 Å². The van der Waals surface area contributed by atoms with Gasteiger partial charge >= 0.3 is 0 Å². The van der Waals surface area contributed by atoms with Gasteiger partial charge in [0, 0.05) is 28.9 Å². The van der Waals surface area contributed by atoms with Gasteiger partial charge in [0.15, 0.2) is 5.82 Å². The SMILES string of the molecule is c1ccc(-c2ccc3ccccc3n2)cc1.c1ccc(-c2ncccn2)cc1. The maximum absolute atomic E-state index is 4.65. The lowest BCUT2D eigenvalue weighted by molar-refractivity contribution is 1.18. The van der Waals surface area contributed by atoms with E-state index in [0.29, 0.717) is 0 Å². The highest BCUT2D eigenvalue weighted by Gasteiger charge is 1.99. The Balaban J connectivity index is 0.000000143. The van der Waals surface area contributed by atoms with E-state index in [1.54, 1.807) is 12.4 Å². The molecule has 0 bridgehead atoms. The van der Waals surface area contributed by atoms with E-state index in [9.17, 15) is 0 Å². The lowest BCUT2D eigenvalue weighted by Gasteiger charge is -2.02. The van der Waals surface area contributed by atoms with E-state index in [2.05, 4.69) is 45.3 Å². The first kappa shape index (κ1) is 17.6. The molecule has 134 valence electrons. The summed E-state index contributed by atoms with van der Waals surface area (Å²) in [5, 5.41) is 1.18. The molecule has 2 aromatic heterocycles. The highest BCUT2D eigenvalue weighted by molar-refractivity contribution is 5.81. The van der Waals surface area contributed by atoms with Gasteiger partial charge in [-0.25, -0.2) is 15.0 Å². The van der Waals surface area contributed by atoms with Gasteiger partial charge in [-0.05, 0) is 18.2 Å². The molecular weight excluding hydrogens is 342 g/mol. The molecule has 2 heterocycles. The summed E-state index contributed by atoms with van der Waals surface area (Å²) in [7, 11) is 0. The Labute approximate surface area is 164 Å². The van der Waals surface area contributed by atoms with E-state index in [4.69, 9.17) is 0 Å². The van der Waals surface area contributed by atoms with Crippen LogP contribution in [0, 0.1) is 0 Å². The van der Waals surface area contributed by atoms with E-state index in [1.807, 2.05) is 72.8 Å². The zero-order valence-corrected chi connectivity index (χ0v) is 15.3. The third-order valence-corrected chi connectivity index (χ3v) is 4.27. The maximum atomic E-state index is 4.65. The van der Waals surface area contributed by atoms with Crippen molar-refractivity contribution in [3.63, 3.8) is 0 Å². The molecule has 0 amide bonds. The Morgan fingerprint density at radius 1 is 0.464 bits per heavy atom. The zero-order valence-electron chi connectivity index (χ0n) is 15.3. The molecule has 0 saturated carbocycles. The summed E-state index contributed by atoms with van der Waals surface area (Å²) in [4.78, 5) is 12.9. The van der Waals surface area contributed by atoms with Crippen molar-refractivity contribution in [2.45, 2.75) is 0 Å². The predicted molar refractivity (Wildman–Crippen MR) is 115 cm³/mol. The molecular formula is C25H19N3. The molecule has 0 spiro atoms. The van der Waals surface area contributed by atoms with Gasteiger partial charge in [0.05, 0.1) is 11.2 Å². The second kappa shape index (κ2) is 8.69. The number of fused-ring (bicyclic) bond motifs is 1. The number of aromatic nitrogens is 3. The summed E-state index contributed by atoms with van der Waals surface area (Å²) in [5.74, 6) is 0.776. The molecule has 0 aliphatic carbocycles. The summed E-state index contributed by atoms with van der Waals surface area (Å²) in [6.07, 6.45) is 3.49. The fourth-order valence-electron chi connectivity index (χ4n) is 2.87. The molecule has 28 heavy (non-hydrogen) atoms. The number of hydrogen-bond acceptors (Lipinski definition) is 3. The number of benzene rings is 3. The van der Waals surface area contributed by atoms with Crippen molar-refractivity contribution in [2.75, 3.05) is 0 Å². The van der Waals surface area contributed by atoms with Crippen molar-refractivity contribution < 1.29 is 0 Å². The van der Waals surface area contributed by atoms with Crippen molar-refractivity contribution in [3.8, 4) is 22.6 Å². The zero-order chi connectivity index (χ0) is 19.0. The van der Waals surface area contributed by atoms with E-state index in [1.165, 1.54) is 5.39 Å². The van der Waals surface area contributed by atoms with Crippen LogP contribution in [0.3, 0.4) is 0 Å². The molecule has 3 nitrogen and oxygen atoms in total. The predicted octanol–water partition coefficient (Wildman–Crippen LogP) is 6.05. The van der Waals surface area contributed by atoms with Gasteiger partial charge in [-0.1, -0.05) is 84.9 Å². The molecule has 3 heteroatoms. The standard InChI is InChI=1S/C15H11N.C10H8N2/c1-2-6-12(7-3-1)15-11-10-13-8-4-5-9-14(13)16-15;1-2-5-9(6-3-1)10-11-7-4-8-12-10/h1-11H;1-8H. The van der Waals surface area contributed by atoms with Crippen LogP contribution in [0.1, 0.15) is 0 Å². The molecule has 5 rings (SSSR count). The van der Waals surface area contributed by atoms with Crippen LogP contribution in [0.25, 0.3) is 33.5 Å². The molecule has 5 aromatic rings. The average Bonchev–Trinajstić information content (AvgIpc) is 2.81. The van der Waals surface area contributed by atoms with Crippen LogP contribution in [0.15, 0.2) is 116 Å². The number of para-hydroxylation sites is 1. The first-order chi connectivity index (χ1) is 13.9. The van der Waals surface area contributed by atoms with Gasteiger partial charge in [-0.15, -0.1) is 0 Å². The molecule has 0 aliphatic rings. The number of nitrogens with zero attached hydrogens (tertiary/aromatic N) is 3. The van der Waals surface area contributed by atoms with Crippen molar-refractivity contribution in [1.82, 2.24) is 15.0 Å². The van der Waals surface area contributed by atoms with Crippen LogP contribution in [-0.2, 0) is 0 Å². The number of hydrogen-bond donors (Lipinski definition) is 0. The van der Waals surface area contributed by atoms with E-state index in [0.717, 1.165) is 28.2 Å². The van der Waals surface area contributed by atoms with Crippen molar-refractivity contribution in [3.05, 3.63) is 116 Å². The quantitative estimate of drug-likeness (QED) is 0.384. The molecule has 0 aliphatic heterocycles. The molecule has 0 saturated heterocycles. The minimum atomic E-state index is 0.776. The van der Waals surface area contributed by atoms with Crippen LogP contribution in [0.4, 0.5) is 0 Å². The largest absolute Gasteiger partial charge is 0.248 e. The Hall–Kier alpha value is -3.85. The van der Waals surface area contributed by atoms with E-state index >= 15 is 0 Å². The Morgan fingerprint density at radius 3 is 1.79 bits per heavy atom. The Kier molecular flexibility index (Phi) is 5.45. The highest BCUT2D eigenvalue weighted by Crippen LogP contribution is 2.20. The van der Waals surface area contributed by atoms with Crippen molar-refractivity contribution in [1.29, 1.82) is 0 Å². The van der Waals surface area contributed by atoms with Crippen LogP contribution in [0.5, 0.6) is 0 Å². The smallest absolute Gasteiger partial charge is 0.159 e. The molecule has 0 unspecified atom stereocenters. The monoisotopic (exact) mass is 361 g/mol. The fraction of sp³-hybridized carbons (Fsp3) is 0. The Morgan fingerprint density at radius 2 is 1.07 bits per heavy atom. The fourth-order valence-corrected chi connectivity index (χ4v) is 2.87. The van der Waals surface area contributed by atoms with Gasteiger partial charge in [0.1, 0.15) is 0 Å². The molecule has 0 radical (unpaired) electrons. The third kappa shape index (κ3) is 4.27. The van der Waals surface area contributed by atoms with Gasteiger partial charge < -0.3 is 0 Å². The lowest BCUT2D eigenvalue weighted by atomic mass is 10.1. The number of rotatable bonds is 2. The minimum Gasteiger partial charge on any atom is -0.248 e. The first-order valence-corrected chi connectivity index (χ1v) is 9.14. The summed E-state index contributed by atoms with van der Waals surface area (Å²) in [5.41, 5.74) is 4.29. The van der Waals surface area contributed by atoms with Crippen molar-refractivity contribution >= 4 is 10.9 Å². The highest BCUT2D eigenvalue weighted by atomic mass is 14.8. The summed E-state index contributed by atoms with van der Waals surface area (Å²) in [6.45, 7) is 0. The van der Waals surface area contributed by atoms with Crippen LogP contribution < -0.4 is 0 Å². The van der Waals surface area contributed by atoms with E-state index in [-0.39, 0.29) is 0 Å². The first-order valence-electron chi connectivity index (χ1n) is 9.14. The second-order valence-corrected chi connectivity index (χ2v) is 6.19. The third-order valence-electron chi connectivity index (χ3n) is 4.27. The Bertz CT molecular complexity index is 1100. The summed E-state index contributed by atoms with van der Waals surface area (Å²) in [6, 6.07) is 34.3. The topological polar surface area (TPSA) is 38.7 Å². The summed E-state index contributed by atoms with van der Waals surface area (Å²) >= 11 is 0. The molecule has 0 atom stereocenters. The summed E-state index contributed by atoms with van der Waals surface area (Å²) < 4.78 is 0. The maximum Gasteiger partial charge on any atom is 0.159 e. The number of pyridine rings is 1. The lowest BCUT2D eigenvalue weighted by Crippen LogP contribution is -1.84. The minimum absolute atomic E-state index is 0.776. The molecule has 0 N–H and O–H groups in total. The molecule has 3 aromatic carbocycles. The van der Waals surface area contributed by atoms with Crippen LogP contribution in [0.2, 0.25) is 0 Å².